The molecule has 94 valence electrons. The third kappa shape index (κ3) is 1.74. The summed E-state index contributed by atoms with van der Waals surface area (Å²) in [4.78, 5) is 8.87. The van der Waals surface area contributed by atoms with Crippen LogP contribution in [0.15, 0.2) is 29.0 Å². The highest BCUT2D eigenvalue weighted by Gasteiger charge is 2.17. The molecule has 0 atom stereocenters. The van der Waals surface area contributed by atoms with Crippen LogP contribution in [0.25, 0.3) is 22.3 Å². The van der Waals surface area contributed by atoms with Crippen molar-refractivity contribution in [2.75, 3.05) is 6.79 Å². The molecule has 2 aromatic heterocycles. The number of thiophene rings is 1. The summed E-state index contributed by atoms with van der Waals surface area (Å²) in [5.74, 6) is 2.00. The molecule has 4 rings (SSSR count). The summed E-state index contributed by atoms with van der Waals surface area (Å²) in [6.45, 7) is 0.230. The van der Waals surface area contributed by atoms with Crippen molar-refractivity contribution in [3.05, 3.63) is 34.1 Å². The summed E-state index contributed by atoms with van der Waals surface area (Å²) in [5, 5.41) is 5.16. The second-order valence-electron chi connectivity index (χ2n) is 4.07. The Morgan fingerprint density at radius 1 is 1.16 bits per heavy atom. The van der Waals surface area contributed by atoms with E-state index in [0.717, 1.165) is 16.5 Å². The van der Waals surface area contributed by atoms with Crippen LogP contribution in [0.2, 0.25) is 5.15 Å². The van der Waals surface area contributed by atoms with Gasteiger partial charge in [0.25, 0.3) is 0 Å². The maximum absolute atomic E-state index is 6.24. The third-order valence-corrected chi connectivity index (χ3v) is 3.89. The van der Waals surface area contributed by atoms with Gasteiger partial charge in [-0.1, -0.05) is 11.6 Å². The quantitative estimate of drug-likeness (QED) is 0.640. The van der Waals surface area contributed by atoms with Crippen LogP contribution in [0.5, 0.6) is 11.5 Å². The Labute approximate surface area is 117 Å². The lowest BCUT2D eigenvalue weighted by Gasteiger charge is -2.04. The van der Waals surface area contributed by atoms with E-state index in [4.69, 9.17) is 21.1 Å². The molecule has 0 saturated heterocycles. The van der Waals surface area contributed by atoms with Crippen molar-refractivity contribution in [2.24, 2.45) is 0 Å². The van der Waals surface area contributed by atoms with Gasteiger partial charge in [0.1, 0.15) is 5.15 Å². The molecule has 0 aliphatic carbocycles. The maximum Gasteiger partial charge on any atom is 0.231 e. The number of fused-ring (bicyclic) bond motifs is 2. The smallest absolute Gasteiger partial charge is 0.231 e. The number of benzene rings is 1. The largest absolute Gasteiger partial charge is 0.454 e. The van der Waals surface area contributed by atoms with Crippen LogP contribution in [-0.2, 0) is 0 Å². The van der Waals surface area contributed by atoms with E-state index in [9.17, 15) is 0 Å². The molecule has 0 N–H and O–H groups in total. The van der Waals surface area contributed by atoms with Crippen molar-refractivity contribution < 1.29 is 9.47 Å². The molecule has 19 heavy (non-hydrogen) atoms. The van der Waals surface area contributed by atoms with E-state index in [0.29, 0.717) is 22.5 Å². The molecule has 0 unspecified atom stereocenters. The average Bonchev–Trinajstić information content (AvgIpc) is 3.07. The lowest BCUT2D eigenvalue weighted by atomic mass is 10.2. The highest BCUT2D eigenvalue weighted by Crippen LogP contribution is 2.38. The summed E-state index contributed by atoms with van der Waals surface area (Å²) >= 11 is 7.83. The van der Waals surface area contributed by atoms with Gasteiger partial charge in [-0.05, 0) is 17.5 Å². The fraction of sp³-hybridized carbons (Fsp3) is 0.0769. The molecule has 0 bridgehead atoms. The number of ether oxygens (including phenoxy) is 2. The van der Waals surface area contributed by atoms with Crippen LogP contribution in [-0.4, -0.2) is 16.8 Å². The Morgan fingerprint density at radius 2 is 2.00 bits per heavy atom. The van der Waals surface area contributed by atoms with E-state index in [-0.39, 0.29) is 6.79 Å². The zero-order chi connectivity index (χ0) is 12.8. The molecule has 0 saturated carbocycles. The third-order valence-electron chi connectivity index (χ3n) is 2.92. The van der Waals surface area contributed by atoms with Gasteiger partial charge in [0.2, 0.25) is 6.79 Å². The molecular weight excluding hydrogens is 284 g/mol. The average molecular weight is 291 g/mol. The summed E-state index contributed by atoms with van der Waals surface area (Å²) < 4.78 is 10.7. The Hall–Kier alpha value is -1.85. The fourth-order valence-electron chi connectivity index (χ4n) is 2.00. The van der Waals surface area contributed by atoms with E-state index < -0.39 is 0 Å². The van der Waals surface area contributed by atoms with E-state index >= 15 is 0 Å². The minimum absolute atomic E-state index is 0.230. The number of halogens is 1. The van der Waals surface area contributed by atoms with E-state index in [2.05, 4.69) is 9.97 Å². The SMILES string of the molecule is Clc1nc(-c2ccsc2)nc2cc3c(cc12)OCO3. The number of rotatable bonds is 1. The number of hydrogen-bond donors (Lipinski definition) is 0. The van der Waals surface area contributed by atoms with Crippen molar-refractivity contribution in [1.82, 2.24) is 9.97 Å². The summed E-state index contributed by atoms with van der Waals surface area (Å²) in [5.41, 5.74) is 1.72. The number of aromatic nitrogens is 2. The highest BCUT2D eigenvalue weighted by atomic mass is 35.5. The predicted octanol–water partition coefficient (Wildman–Crippen LogP) is 3.74. The lowest BCUT2D eigenvalue weighted by Crippen LogP contribution is -1.92. The molecule has 1 aromatic carbocycles. The zero-order valence-corrected chi connectivity index (χ0v) is 11.2. The van der Waals surface area contributed by atoms with Gasteiger partial charge in [-0.15, -0.1) is 0 Å². The first-order valence-electron chi connectivity index (χ1n) is 5.61. The molecule has 1 aliphatic rings. The van der Waals surface area contributed by atoms with Crippen LogP contribution < -0.4 is 9.47 Å². The van der Waals surface area contributed by atoms with Gasteiger partial charge in [-0.25, -0.2) is 9.97 Å². The Morgan fingerprint density at radius 3 is 2.79 bits per heavy atom. The minimum atomic E-state index is 0.230. The van der Waals surface area contributed by atoms with E-state index in [1.54, 1.807) is 11.3 Å². The molecular formula is C13H7ClN2O2S. The summed E-state index contributed by atoms with van der Waals surface area (Å²) in [6, 6.07) is 5.62. The highest BCUT2D eigenvalue weighted by molar-refractivity contribution is 7.08. The van der Waals surface area contributed by atoms with Gasteiger partial charge >= 0.3 is 0 Å². The normalized spacial score (nSPS) is 13.1. The topological polar surface area (TPSA) is 44.2 Å². The molecule has 1 aliphatic heterocycles. The predicted molar refractivity (Wildman–Crippen MR) is 74.0 cm³/mol. The van der Waals surface area contributed by atoms with Gasteiger partial charge in [-0.2, -0.15) is 11.3 Å². The Kier molecular flexibility index (Phi) is 2.36. The first-order chi connectivity index (χ1) is 9.31. The minimum Gasteiger partial charge on any atom is -0.454 e. The van der Waals surface area contributed by atoms with Gasteiger partial charge in [-0.3, -0.25) is 0 Å². The maximum atomic E-state index is 6.24. The van der Waals surface area contributed by atoms with Crippen molar-refractivity contribution >= 4 is 33.8 Å². The van der Waals surface area contributed by atoms with Gasteiger partial charge in [0.15, 0.2) is 17.3 Å². The Balaban J connectivity index is 1.98. The van der Waals surface area contributed by atoms with Crippen molar-refractivity contribution in [3.63, 3.8) is 0 Å². The lowest BCUT2D eigenvalue weighted by molar-refractivity contribution is 0.174. The molecule has 3 aromatic rings. The van der Waals surface area contributed by atoms with Crippen LogP contribution in [0, 0.1) is 0 Å². The van der Waals surface area contributed by atoms with Crippen molar-refractivity contribution in [2.45, 2.75) is 0 Å². The molecule has 0 radical (unpaired) electrons. The number of hydrogen-bond acceptors (Lipinski definition) is 5. The monoisotopic (exact) mass is 290 g/mol. The van der Waals surface area contributed by atoms with Crippen LogP contribution in [0.4, 0.5) is 0 Å². The van der Waals surface area contributed by atoms with Gasteiger partial charge in [0.05, 0.1) is 5.52 Å². The first-order valence-corrected chi connectivity index (χ1v) is 6.93. The molecule has 0 spiro atoms. The second-order valence-corrected chi connectivity index (χ2v) is 5.21. The Bertz CT molecular complexity index is 774. The standard InChI is InChI=1S/C13H7ClN2O2S/c14-12-8-3-10-11(18-6-17-10)4-9(8)15-13(16-12)7-1-2-19-5-7/h1-5H,6H2. The molecule has 0 fully saturated rings. The fourth-order valence-corrected chi connectivity index (χ4v) is 2.87. The van der Waals surface area contributed by atoms with Crippen LogP contribution in [0.3, 0.4) is 0 Å². The second kappa shape index (κ2) is 4.08. The van der Waals surface area contributed by atoms with Gasteiger partial charge < -0.3 is 9.47 Å². The molecule has 3 heterocycles. The van der Waals surface area contributed by atoms with Crippen LogP contribution in [0.1, 0.15) is 0 Å². The summed E-state index contributed by atoms with van der Waals surface area (Å²) in [7, 11) is 0. The summed E-state index contributed by atoms with van der Waals surface area (Å²) in [6.07, 6.45) is 0. The zero-order valence-electron chi connectivity index (χ0n) is 9.59. The van der Waals surface area contributed by atoms with Crippen molar-refractivity contribution in [3.8, 4) is 22.9 Å². The molecule has 4 nitrogen and oxygen atoms in total. The van der Waals surface area contributed by atoms with E-state index in [1.807, 2.05) is 29.0 Å². The van der Waals surface area contributed by atoms with Crippen LogP contribution >= 0.6 is 22.9 Å². The first kappa shape index (κ1) is 11.0. The van der Waals surface area contributed by atoms with E-state index in [1.165, 1.54) is 0 Å². The van der Waals surface area contributed by atoms with Crippen molar-refractivity contribution in [1.29, 1.82) is 0 Å². The van der Waals surface area contributed by atoms with Gasteiger partial charge in [0, 0.05) is 22.4 Å². The molecule has 0 amide bonds. The number of nitrogens with zero attached hydrogens (tertiary/aromatic N) is 2. The molecule has 6 heteroatoms.